The number of carbonyl (C=O) groups is 2. The number of fused-ring (bicyclic) bond motifs is 2. The maximum absolute atomic E-state index is 13.2. The third-order valence-electron chi connectivity index (χ3n) is 11.0. The number of unbranched alkanes of at least 4 members (excludes halogenated alkanes) is 2. The van der Waals surface area contributed by atoms with Crippen LogP contribution in [0.4, 0.5) is 28.4 Å². The first kappa shape index (κ1) is 45.7. The van der Waals surface area contributed by atoms with Gasteiger partial charge in [-0.3, -0.25) is 18.7 Å². The molecule has 4 aromatic carbocycles. The molecular weight excluding hydrogens is 829 g/mol. The first-order valence-electron chi connectivity index (χ1n) is 20.4. The van der Waals surface area contributed by atoms with Crippen LogP contribution in [0.3, 0.4) is 0 Å². The number of anilines is 4. The second-order valence-electron chi connectivity index (χ2n) is 15.7. The van der Waals surface area contributed by atoms with Crippen LogP contribution in [-0.2, 0) is 29.8 Å². The summed E-state index contributed by atoms with van der Waals surface area (Å²) < 4.78 is 79.7. The van der Waals surface area contributed by atoms with Gasteiger partial charge >= 0.3 is 0 Å². The Balaban J connectivity index is 1.63. The summed E-state index contributed by atoms with van der Waals surface area (Å²) >= 11 is 0. The lowest BCUT2D eigenvalue weighted by atomic mass is 9.93. The average Bonchev–Trinajstić information content (AvgIpc) is 3.20. The Morgan fingerprint density at radius 3 is 1.81 bits per heavy atom. The van der Waals surface area contributed by atoms with Gasteiger partial charge in [0.1, 0.15) is 21.1 Å². The SMILES string of the molecule is CCCCC(=O)Nc1c(C)cc(C)c(N=c2cc3oc4cc(Nc5c(C)cc(C)c(NC(=O)CCCC)c5C)ccc4c(-c4ccccc4S(=O)(=O)O)c-3cc2S(=O)(=O)O)c1C. The van der Waals surface area contributed by atoms with Crippen molar-refractivity contribution in [2.75, 3.05) is 16.0 Å². The van der Waals surface area contributed by atoms with Crippen molar-refractivity contribution in [1.82, 2.24) is 0 Å². The molecule has 0 atom stereocenters. The molecule has 6 rings (SSSR count). The predicted octanol–water partition coefficient (Wildman–Crippen LogP) is 10.8. The lowest BCUT2D eigenvalue weighted by Gasteiger charge is -2.21. The Morgan fingerprint density at radius 2 is 1.21 bits per heavy atom. The van der Waals surface area contributed by atoms with Crippen LogP contribution in [0.1, 0.15) is 85.8 Å². The van der Waals surface area contributed by atoms with E-state index in [1.54, 1.807) is 38.1 Å². The summed E-state index contributed by atoms with van der Waals surface area (Å²) in [4.78, 5) is 29.4. The highest BCUT2D eigenvalue weighted by molar-refractivity contribution is 7.86. The summed E-state index contributed by atoms with van der Waals surface area (Å²) in [7, 11) is -9.79. The number of hydrogen-bond donors (Lipinski definition) is 5. The van der Waals surface area contributed by atoms with Crippen molar-refractivity contribution < 1.29 is 39.9 Å². The number of rotatable bonds is 14. The van der Waals surface area contributed by atoms with Crippen LogP contribution in [-0.4, -0.2) is 37.8 Å². The molecule has 2 aliphatic rings. The lowest BCUT2D eigenvalue weighted by Crippen LogP contribution is -2.17. The molecule has 15 heteroatoms. The van der Waals surface area contributed by atoms with E-state index >= 15 is 0 Å². The van der Waals surface area contributed by atoms with Crippen molar-refractivity contribution in [1.29, 1.82) is 0 Å². The molecule has 1 aliphatic heterocycles. The monoisotopic (exact) mass is 880 g/mol. The standard InChI is InChI=1S/C47H52N4O9S2/c1-9-11-17-41(52)50-46-28(5)21-26(3)44(30(46)7)48-32-19-20-33-37(23-32)60-38-25-36(49-45-27(4)22-29(6)47(31(45)8)51-42(53)18-12-10-2)40(62(57,58)59)24-35(38)43(33)34-15-13-14-16-39(34)61(54,55)56/h13-16,19-25,48H,9-12,17-18H2,1-8H3,(H,50,52)(H,51,53)(H,54,55,56)(H,57,58,59). The van der Waals surface area contributed by atoms with Crippen LogP contribution >= 0.6 is 0 Å². The Morgan fingerprint density at radius 1 is 0.645 bits per heavy atom. The van der Waals surface area contributed by atoms with Crippen LogP contribution in [0.5, 0.6) is 0 Å². The van der Waals surface area contributed by atoms with E-state index in [9.17, 15) is 35.5 Å². The zero-order valence-electron chi connectivity index (χ0n) is 36.1. The topological polar surface area (TPSA) is 204 Å². The molecule has 0 unspecified atom stereocenters. The number of carbonyl (C=O) groups excluding carboxylic acids is 2. The lowest BCUT2D eigenvalue weighted by molar-refractivity contribution is -0.117. The van der Waals surface area contributed by atoms with Crippen LogP contribution in [0, 0.1) is 41.5 Å². The second-order valence-corrected chi connectivity index (χ2v) is 18.5. The molecule has 5 N–H and O–H groups in total. The van der Waals surface area contributed by atoms with E-state index in [1.807, 2.05) is 53.7 Å². The maximum Gasteiger partial charge on any atom is 0.296 e. The first-order valence-corrected chi connectivity index (χ1v) is 23.3. The molecule has 0 aromatic heterocycles. The van der Waals surface area contributed by atoms with Crippen LogP contribution < -0.4 is 21.3 Å². The fourth-order valence-corrected chi connectivity index (χ4v) is 9.25. The van der Waals surface area contributed by atoms with Crippen molar-refractivity contribution in [3.8, 4) is 22.5 Å². The molecule has 1 heterocycles. The van der Waals surface area contributed by atoms with E-state index in [-0.39, 0.29) is 45.2 Å². The quantitative estimate of drug-likeness (QED) is 0.0517. The molecular formula is C47H52N4O9S2. The van der Waals surface area contributed by atoms with Gasteiger partial charge < -0.3 is 20.4 Å². The molecule has 13 nitrogen and oxygen atoms in total. The fourth-order valence-electron chi connectivity index (χ4n) is 7.92. The van der Waals surface area contributed by atoms with E-state index in [0.29, 0.717) is 58.5 Å². The molecule has 0 radical (unpaired) electrons. The van der Waals surface area contributed by atoms with Crippen molar-refractivity contribution in [3.05, 3.63) is 105 Å². The number of nitrogens with one attached hydrogen (secondary N) is 3. The molecule has 326 valence electrons. The molecule has 2 amide bonds. The number of hydrogen-bond acceptors (Lipinski definition) is 9. The van der Waals surface area contributed by atoms with Crippen LogP contribution in [0.15, 0.2) is 85.9 Å². The average molecular weight is 881 g/mol. The molecule has 0 bridgehead atoms. The maximum atomic E-state index is 13.2. The van der Waals surface area contributed by atoms with E-state index in [2.05, 4.69) is 16.0 Å². The number of aryl methyl sites for hydroxylation is 4. The largest absolute Gasteiger partial charge is 0.456 e. The summed E-state index contributed by atoms with van der Waals surface area (Å²) in [6.07, 6.45) is 3.94. The Hall–Kier alpha value is -5.87. The van der Waals surface area contributed by atoms with Gasteiger partial charge in [0.05, 0.1) is 11.0 Å². The van der Waals surface area contributed by atoms with Crippen molar-refractivity contribution in [2.45, 2.75) is 104 Å². The second kappa shape index (κ2) is 18.2. The van der Waals surface area contributed by atoms with Gasteiger partial charge in [-0.1, -0.05) is 57.0 Å². The van der Waals surface area contributed by atoms with Crippen LogP contribution in [0.25, 0.3) is 33.4 Å². The van der Waals surface area contributed by atoms with Gasteiger partial charge in [0.25, 0.3) is 20.2 Å². The predicted molar refractivity (Wildman–Crippen MR) is 244 cm³/mol. The molecule has 62 heavy (non-hydrogen) atoms. The van der Waals surface area contributed by atoms with E-state index in [4.69, 9.17) is 9.41 Å². The molecule has 0 spiro atoms. The fraction of sp³-hybridized carbons (Fsp3) is 0.298. The minimum absolute atomic E-state index is 0.0508. The van der Waals surface area contributed by atoms with Gasteiger partial charge in [-0.15, -0.1) is 0 Å². The highest BCUT2D eigenvalue weighted by Gasteiger charge is 2.27. The molecule has 1 aliphatic carbocycles. The summed E-state index contributed by atoms with van der Waals surface area (Å²) in [6.45, 7) is 15.2. The zero-order valence-corrected chi connectivity index (χ0v) is 37.7. The molecule has 0 fully saturated rings. The Kier molecular flexibility index (Phi) is 13.4. The van der Waals surface area contributed by atoms with Gasteiger partial charge in [0.15, 0.2) is 0 Å². The third kappa shape index (κ3) is 9.60. The summed E-state index contributed by atoms with van der Waals surface area (Å²) in [5.74, 6) is -0.166. The third-order valence-corrected chi connectivity index (χ3v) is 12.8. The van der Waals surface area contributed by atoms with E-state index in [0.717, 1.165) is 47.2 Å². The normalized spacial score (nSPS) is 12.3. The molecule has 0 saturated carbocycles. The summed E-state index contributed by atoms with van der Waals surface area (Å²) in [6, 6.07) is 17.2. The molecule has 4 aromatic rings. The van der Waals surface area contributed by atoms with Gasteiger partial charge in [-0.25, -0.2) is 4.99 Å². The summed E-state index contributed by atoms with van der Waals surface area (Å²) in [5, 5.41) is 9.70. The highest BCUT2D eigenvalue weighted by atomic mass is 32.2. The van der Waals surface area contributed by atoms with Gasteiger partial charge in [-0.2, -0.15) is 16.8 Å². The van der Waals surface area contributed by atoms with Crippen molar-refractivity contribution in [3.63, 3.8) is 0 Å². The minimum atomic E-state index is -4.99. The van der Waals surface area contributed by atoms with Gasteiger partial charge in [0.2, 0.25) is 11.8 Å². The van der Waals surface area contributed by atoms with Crippen molar-refractivity contribution >= 4 is 71.5 Å². The van der Waals surface area contributed by atoms with Crippen molar-refractivity contribution in [2.24, 2.45) is 4.99 Å². The number of benzene rings is 5. The van der Waals surface area contributed by atoms with Gasteiger partial charge in [-0.05, 0) is 112 Å². The number of nitrogens with zero attached hydrogens (tertiary/aromatic N) is 1. The highest BCUT2D eigenvalue weighted by Crippen LogP contribution is 2.44. The zero-order chi connectivity index (χ0) is 45.3. The Labute approximate surface area is 362 Å². The van der Waals surface area contributed by atoms with E-state index < -0.39 is 30.0 Å². The van der Waals surface area contributed by atoms with Crippen LogP contribution in [0.2, 0.25) is 0 Å². The Bertz CT molecular complexity index is 3030. The minimum Gasteiger partial charge on any atom is -0.456 e. The number of amides is 2. The first-order chi connectivity index (χ1) is 29.2. The molecule has 0 saturated heterocycles. The summed E-state index contributed by atoms with van der Waals surface area (Å²) in [5.41, 5.74) is 8.23. The van der Waals surface area contributed by atoms with Gasteiger partial charge in [0, 0.05) is 69.8 Å². The smallest absolute Gasteiger partial charge is 0.296 e. The van der Waals surface area contributed by atoms with E-state index in [1.165, 1.54) is 30.3 Å².